The van der Waals surface area contributed by atoms with E-state index in [-0.39, 0.29) is 19.1 Å². The minimum atomic E-state index is -4.31. The van der Waals surface area contributed by atoms with Crippen LogP contribution in [0.3, 0.4) is 0 Å². The SMILES string of the molecule is CCC/C=C/C(O)C(COP(=O)(O)OCC[N+](C)(C)C)NC(=O)CCCCCCCCCCCCCCCCCCCCCCCCCCCCC. The smallest absolute Gasteiger partial charge is 0.387 e. The average Bonchev–Trinajstić information content (AvgIpc) is 3.09. The van der Waals surface area contributed by atoms with Crippen molar-refractivity contribution in [2.45, 2.75) is 219 Å². The molecule has 0 spiro atoms. The lowest BCUT2D eigenvalue weighted by Crippen LogP contribution is -2.45. The highest BCUT2D eigenvalue weighted by Gasteiger charge is 2.27. The maximum atomic E-state index is 12.7. The van der Waals surface area contributed by atoms with Gasteiger partial charge in [0.05, 0.1) is 39.9 Å². The summed E-state index contributed by atoms with van der Waals surface area (Å²) >= 11 is 0. The van der Waals surface area contributed by atoms with Crippen LogP contribution in [0.2, 0.25) is 0 Å². The second kappa shape index (κ2) is 35.9. The van der Waals surface area contributed by atoms with Gasteiger partial charge in [0.25, 0.3) is 0 Å². The van der Waals surface area contributed by atoms with E-state index in [9.17, 15) is 19.4 Å². The predicted molar refractivity (Wildman–Crippen MR) is 222 cm³/mol. The number of carbonyl (C=O) groups excluding carboxylic acids is 1. The predicted octanol–water partition coefficient (Wildman–Crippen LogP) is 12.0. The number of carbonyl (C=O) groups is 1. The van der Waals surface area contributed by atoms with E-state index in [1.54, 1.807) is 6.08 Å². The zero-order chi connectivity index (χ0) is 38.6. The monoisotopic (exact) mass is 760 g/mol. The lowest BCUT2D eigenvalue weighted by Gasteiger charge is -2.25. The van der Waals surface area contributed by atoms with Crippen LogP contribution in [0.25, 0.3) is 0 Å². The normalized spacial score (nSPS) is 14.5. The van der Waals surface area contributed by atoms with E-state index in [2.05, 4.69) is 12.2 Å². The fourth-order valence-electron chi connectivity index (χ4n) is 6.46. The summed E-state index contributed by atoms with van der Waals surface area (Å²) in [5.41, 5.74) is 0. The zero-order valence-electron chi connectivity index (χ0n) is 35.1. The highest BCUT2D eigenvalue weighted by molar-refractivity contribution is 7.47. The van der Waals surface area contributed by atoms with Crippen LogP contribution in [0, 0.1) is 0 Å². The average molecular weight is 760 g/mol. The quantitative estimate of drug-likeness (QED) is 0.0249. The standard InChI is InChI=1S/C43H87N2O6P/c1-6-8-10-11-12-13-14-15-16-17-18-19-20-21-22-23-24-25-26-27-28-29-30-31-32-33-35-37-43(47)44-41(42(46)36-34-9-7-2)40-51-52(48,49)50-39-38-45(3,4)5/h34,36,41-42,46H,6-33,35,37-40H2,1-5H3,(H-,44,47,48,49)/p+1/b36-34+. The van der Waals surface area contributed by atoms with Gasteiger partial charge >= 0.3 is 7.82 Å². The fraction of sp³-hybridized carbons (Fsp3) is 0.930. The van der Waals surface area contributed by atoms with Gasteiger partial charge in [0.1, 0.15) is 13.2 Å². The number of phosphoric ester groups is 1. The molecule has 0 aliphatic heterocycles. The highest BCUT2D eigenvalue weighted by Crippen LogP contribution is 2.43. The Labute approximate surface area is 322 Å². The van der Waals surface area contributed by atoms with Crippen LogP contribution in [-0.2, 0) is 18.4 Å². The molecule has 3 unspecified atom stereocenters. The molecule has 0 radical (unpaired) electrons. The Hall–Kier alpha value is -0.760. The van der Waals surface area contributed by atoms with E-state index in [0.29, 0.717) is 17.4 Å². The molecule has 3 N–H and O–H groups in total. The van der Waals surface area contributed by atoms with Crippen molar-refractivity contribution in [3.8, 4) is 0 Å². The molecule has 0 bridgehead atoms. The minimum Gasteiger partial charge on any atom is -0.387 e. The first kappa shape index (κ1) is 51.2. The summed E-state index contributed by atoms with van der Waals surface area (Å²) in [5.74, 6) is -0.185. The number of rotatable bonds is 40. The summed E-state index contributed by atoms with van der Waals surface area (Å²) < 4.78 is 23.2. The first-order valence-corrected chi connectivity index (χ1v) is 23.6. The van der Waals surface area contributed by atoms with Crippen LogP contribution < -0.4 is 5.32 Å². The molecule has 0 aromatic carbocycles. The summed E-state index contributed by atoms with van der Waals surface area (Å²) in [6.07, 6.45) is 41.0. The molecule has 52 heavy (non-hydrogen) atoms. The van der Waals surface area contributed by atoms with Crippen molar-refractivity contribution in [1.29, 1.82) is 0 Å². The number of nitrogens with one attached hydrogen (secondary N) is 1. The molecule has 8 nitrogen and oxygen atoms in total. The van der Waals surface area contributed by atoms with Crippen LogP contribution in [0.1, 0.15) is 206 Å². The molecule has 310 valence electrons. The van der Waals surface area contributed by atoms with Gasteiger partial charge in [0.2, 0.25) is 5.91 Å². The Morgan fingerprint density at radius 1 is 0.635 bits per heavy atom. The molecule has 0 fully saturated rings. The molecule has 0 aliphatic rings. The first-order chi connectivity index (χ1) is 25.0. The van der Waals surface area contributed by atoms with Gasteiger partial charge < -0.3 is 19.8 Å². The van der Waals surface area contributed by atoms with Crippen molar-refractivity contribution in [3.63, 3.8) is 0 Å². The van der Waals surface area contributed by atoms with Crippen LogP contribution in [0.4, 0.5) is 0 Å². The molecule has 0 saturated carbocycles. The molecule has 0 rings (SSSR count). The van der Waals surface area contributed by atoms with E-state index in [1.807, 2.05) is 34.1 Å². The zero-order valence-corrected chi connectivity index (χ0v) is 36.0. The number of allylic oxidation sites excluding steroid dienone is 1. The molecule has 3 atom stereocenters. The van der Waals surface area contributed by atoms with Crippen LogP contribution >= 0.6 is 7.82 Å². The minimum absolute atomic E-state index is 0.0624. The number of phosphoric acid groups is 1. The number of aliphatic hydroxyl groups is 1. The molecular weight excluding hydrogens is 671 g/mol. The number of hydrogen-bond donors (Lipinski definition) is 3. The molecule has 0 heterocycles. The van der Waals surface area contributed by atoms with Crippen LogP contribution in [-0.4, -0.2) is 73.4 Å². The maximum Gasteiger partial charge on any atom is 0.472 e. The van der Waals surface area contributed by atoms with E-state index in [4.69, 9.17) is 9.05 Å². The summed E-state index contributed by atoms with van der Waals surface area (Å²) in [6.45, 7) is 4.61. The second-order valence-corrected chi connectivity index (χ2v) is 17.9. The largest absolute Gasteiger partial charge is 0.472 e. The Morgan fingerprint density at radius 2 is 1.02 bits per heavy atom. The van der Waals surface area contributed by atoms with Crippen molar-refractivity contribution in [3.05, 3.63) is 12.2 Å². The van der Waals surface area contributed by atoms with Gasteiger partial charge in [0.15, 0.2) is 0 Å². The first-order valence-electron chi connectivity index (χ1n) is 22.1. The molecule has 0 saturated heterocycles. The van der Waals surface area contributed by atoms with Crippen LogP contribution in [0.5, 0.6) is 0 Å². The number of amides is 1. The Kier molecular flexibility index (Phi) is 35.4. The molecule has 9 heteroatoms. The Bertz CT molecular complexity index is 865. The highest BCUT2D eigenvalue weighted by atomic mass is 31.2. The molecule has 0 aliphatic carbocycles. The number of likely N-dealkylation sites (N-methyl/N-ethyl adjacent to an activating group) is 1. The van der Waals surface area contributed by atoms with Gasteiger partial charge in [-0.05, 0) is 12.8 Å². The van der Waals surface area contributed by atoms with Gasteiger partial charge in [-0.25, -0.2) is 4.57 Å². The summed E-state index contributed by atoms with van der Waals surface area (Å²) in [6, 6.07) is -0.836. The van der Waals surface area contributed by atoms with Crippen molar-refractivity contribution in [2.24, 2.45) is 0 Å². The Morgan fingerprint density at radius 3 is 1.38 bits per heavy atom. The number of hydrogen-bond acceptors (Lipinski definition) is 5. The third-order valence-corrected chi connectivity index (χ3v) is 11.0. The van der Waals surface area contributed by atoms with E-state index < -0.39 is 20.0 Å². The summed E-state index contributed by atoms with van der Waals surface area (Å²) in [7, 11) is 1.57. The molecule has 0 aromatic rings. The number of aliphatic hydroxyl groups excluding tert-OH is 1. The molecule has 1 amide bonds. The van der Waals surface area contributed by atoms with Crippen LogP contribution in [0.15, 0.2) is 12.2 Å². The maximum absolute atomic E-state index is 12.7. The topological polar surface area (TPSA) is 105 Å². The summed E-state index contributed by atoms with van der Waals surface area (Å²) in [4.78, 5) is 22.8. The van der Waals surface area contributed by atoms with Crippen molar-refractivity contribution < 1.29 is 32.9 Å². The number of unbranched alkanes of at least 4 members (excludes halogenated alkanes) is 27. The van der Waals surface area contributed by atoms with Gasteiger partial charge in [-0.2, -0.15) is 0 Å². The number of quaternary nitrogens is 1. The molecule has 0 aromatic heterocycles. The molecular formula is C43H88N2O6P+. The van der Waals surface area contributed by atoms with E-state index in [0.717, 1.165) is 32.1 Å². The van der Waals surface area contributed by atoms with Crippen molar-refractivity contribution in [2.75, 3.05) is 40.9 Å². The number of nitrogens with zero attached hydrogens (tertiary/aromatic N) is 1. The third kappa shape index (κ3) is 37.6. The van der Waals surface area contributed by atoms with Gasteiger partial charge in [0, 0.05) is 6.42 Å². The second-order valence-electron chi connectivity index (χ2n) is 16.4. The van der Waals surface area contributed by atoms with Gasteiger partial charge in [-0.1, -0.05) is 199 Å². The fourth-order valence-corrected chi connectivity index (χ4v) is 7.20. The van der Waals surface area contributed by atoms with Gasteiger partial charge in [-0.3, -0.25) is 13.8 Å². The van der Waals surface area contributed by atoms with E-state index >= 15 is 0 Å². The lowest BCUT2D eigenvalue weighted by molar-refractivity contribution is -0.870. The summed E-state index contributed by atoms with van der Waals surface area (Å²) in [5, 5.41) is 13.5. The van der Waals surface area contributed by atoms with Crippen molar-refractivity contribution in [1.82, 2.24) is 5.32 Å². The van der Waals surface area contributed by atoms with E-state index in [1.165, 1.54) is 154 Å². The van der Waals surface area contributed by atoms with Gasteiger partial charge in [-0.15, -0.1) is 0 Å². The lowest BCUT2D eigenvalue weighted by atomic mass is 10.0. The Balaban J connectivity index is 3.78. The third-order valence-electron chi connectivity index (χ3n) is 9.99. The van der Waals surface area contributed by atoms with Crippen molar-refractivity contribution >= 4 is 13.7 Å².